The number of nitrogens with one attached hydrogen (secondary N) is 4. The lowest BCUT2D eigenvalue weighted by Crippen LogP contribution is -2.19. The summed E-state index contributed by atoms with van der Waals surface area (Å²) in [6.07, 6.45) is -3.04. The highest BCUT2D eigenvalue weighted by Gasteiger charge is 2.33. The molecule has 184 valence electrons. The minimum Gasteiger partial charge on any atom is -0.340 e. The van der Waals surface area contributed by atoms with Crippen molar-refractivity contribution in [2.45, 2.75) is 6.18 Å². The first-order valence-electron chi connectivity index (χ1n) is 10.3. The number of hydrogen-bond donors (Lipinski definition) is 4. The minimum atomic E-state index is -4.64. The molecule has 0 spiro atoms. The minimum absolute atomic E-state index is 0.0493. The Hall–Kier alpha value is -4.02. The van der Waals surface area contributed by atoms with Gasteiger partial charge in [0, 0.05) is 34.0 Å². The van der Waals surface area contributed by atoms with Crippen molar-refractivity contribution in [2.75, 3.05) is 21.3 Å². The van der Waals surface area contributed by atoms with E-state index in [1.165, 1.54) is 6.07 Å². The first kappa shape index (κ1) is 25.1. The van der Waals surface area contributed by atoms with Crippen molar-refractivity contribution in [2.24, 2.45) is 0 Å². The third kappa shape index (κ3) is 6.77. The number of alkyl halides is 3. The van der Waals surface area contributed by atoms with Crippen molar-refractivity contribution in [3.63, 3.8) is 0 Å². The van der Waals surface area contributed by atoms with Crippen LogP contribution >= 0.6 is 23.2 Å². The molecule has 7 nitrogen and oxygen atoms in total. The number of halogens is 5. The average molecular weight is 533 g/mol. The zero-order valence-electron chi connectivity index (χ0n) is 18.2. The van der Waals surface area contributed by atoms with Gasteiger partial charge in [0.25, 0.3) is 0 Å². The number of hydrogen-bond acceptors (Lipinski definition) is 5. The summed E-state index contributed by atoms with van der Waals surface area (Å²) in [5.74, 6) is 0.913. The molecule has 0 unspecified atom stereocenters. The number of anilines is 6. The van der Waals surface area contributed by atoms with Crippen LogP contribution in [0, 0.1) is 0 Å². The molecule has 0 aliphatic heterocycles. The molecule has 0 fully saturated rings. The molecule has 2 amide bonds. The van der Waals surface area contributed by atoms with Gasteiger partial charge < -0.3 is 21.3 Å². The molecule has 0 aliphatic carbocycles. The lowest BCUT2D eigenvalue weighted by atomic mass is 10.2. The summed E-state index contributed by atoms with van der Waals surface area (Å²) in [4.78, 5) is 20.8. The van der Waals surface area contributed by atoms with Crippen LogP contribution < -0.4 is 21.3 Å². The van der Waals surface area contributed by atoms with E-state index in [9.17, 15) is 18.0 Å². The van der Waals surface area contributed by atoms with E-state index in [-0.39, 0.29) is 5.69 Å². The molecule has 0 saturated heterocycles. The molecule has 0 bridgehead atoms. The van der Waals surface area contributed by atoms with Crippen LogP contribution in [0.1, 0.15) is 5.56 Å². The third-order valence-electron chi connectivity index (χ3n) is 4.70. The van der Waals surface area contributed by atoms with Crippen LogP contribution in [0.25, 0.3) is 0 Å². The second kappa shape index (κ2) is 10.7. The lowest BCUT2D eigenvalue weighted by molar-refractivity contribution is -0.137. The van der Waals surface area contributed by atoms with E-state index in [0.29, 0.717) is 28.2 Å². The van der Waals surface area contributed by atoms with Gasteiger partial charge in [-0.1, -0.05) is 23.2 Å². The summed E-state index contributed by atoms with van der Waals surface area (Å²) in [5, 5.41) is 11.3. The van der Waals surface area contributed by atoms with E-state index in [1.54, 1.807) is 48.7 Å². The van der Waals surface area contributed by atoms with Gasteiger partial charge in [-0.05, 0) is 72.8 Å². The van der Waals surface area contributed by atoms with Crippen LogP contribution in [0.15, 0.2) is 79.0 Å². The molecule has 4 rings (SSSR count). The van der Waals surface area contributed by atoms with Crippen LogP contribution in [0.4, 0.5) is 52.5 Å². The van der Waals surface area contributed by atoms with E-state index >= 15 is 0 Å². The van der Waals surface area contributed by atoms with Gasteiger partial charge in [-0.2, -0.15) is 18.2 Å². The Bertz CT molecular complexity index is 1370. The van der Waals surface area contributed by atoms with Crippen LogP contribution in [0.3, 0.4) is 0 Å². The lowest BCUT2D eigenvalue weighted by Gasteiger charge is -2.13. The molecule has 0 aliphatic rings. The van der Waals surface area contributed by atoms with Gasteiger partial charge in [0.15, 0.2) is 0 Å². The van der Waals surface area contributed by atoms with Gasteiger partial charge >= 0.3 is 12.2 Å². The van der Waals surface area contributed by atoms with Crippen molar-refractivity contribution in [1.82, 2.24) is 9.97 Å². The molecule has 3 aromatic carbocycles. The number of aromatic nitrogens is 2. The Labute approximate surface area is 213 Å². The number of nitrogens with zero attached hydrogens (tertiary/aromatic N) is 2. The number of amides is 2. The third-order valence-corrected chi connectivity index (χ3v) is 5.28. The maximum absolute atomic E-state index is 13.0. The standard InChI is InChI=1S/C24H17Cl2F3N6O/c25-14-1-3-15(4-2-14)31-21-11-12-30-22(35-21)32-16-5-7-17(8-6-16)33-23(36)34-18-9-10-20(26)19(13-18)24(27,28)29/h1-13H,(H2,33,34,36)(H2,30,31,32,35). The fourth-order valence-electron chi connectivity index (χ4n) is 3.05. The van der Waals surface area contributed by atoms with E-state index in [4.69, 9.17) is 23.2 Å². The molecule has 4 N–H and O–H groups in total. The quantitative estimate of drug-likeness (QED) is 0.202. The number of carbonyl (C=O) groups excluding carboxylic acids is 1. The van der Waals surface area contributed by atoms with E-state index < -0.39 is 22.8 Å². The first-order chi connectivity index (χ1) is 17.2. The first-order valence-corrected chi connectivity index (χ1v) is 11.1. The summed E-state index contributed by atoms with van der Waals surface area (Å²) in [6.45, 7) is 0. The Kier molecular flexibility index (Phi) is 7.47. The topological polar surface area (TPSA) is 91.0 Å². The van der Waals surface area contributed by atoms with Crippen LogP contribution in [-0.4, -0.2) is 16.0 Å². The van der Waals surface area contributed by atoms with E-state index in [0.717, 1.165) is 17.8 Å². The van der Waals surface area contributed by atoms with Crippen molar-refractivity contribution < 1.29 is 18.0 Å². The highest BCUT2D eigenvalue weighted by Crippen LogP contribution is 2.36. The molecule has 36 heavy (non-hydrogen) atoms. The fourth-order valence-corrected chi connectivity index (χ4v) is 3.40. The Morgan fingerprint density at radius 1 is 0.750 bits per heavy atom. The molecule has 1 aromatic heterocycles. The SMILES string of the molecule is O=C(Nc1ccc(Nc2nccc(Nc3ccc(Cl)cc3)n2)cc1)Nc1ccc(Cl)c(C(F)(F)F)c1. The van der Waals surface area contributed by atoms with Crippen LogP contribution in [-0.2, 0) is 6.18 Å². The maximum atomic E-state index is 13.0. The number of rotatable bonds is 6. The number of benzene rings is 3. The average Bonchev–Trinajstić information content (AvgIpc) is 2.83. The summed E-state index contributed by atoms with van der Waals surface area (Å²) < 4.78 is 39.0. The monoisotopic (exact) mass is 532 g/mol. The van der Waals surface area contributed by atoms with E-state index in [2.05, 4.69) is 31.2 Å². The highest BCUT2D eigenvalue weighted by atomic mass is 35.5. The zero-order chi connectivity index (χ0) is 25.7. The summed E-state index contributed by atoms with van der Waals surface area (Å²) in [5.41, 5.74) is 0.795. The van der Waals surface area contributed by atoms with E-state index in [1.807, 2.05) is 12.1 Å². The Morgan fingerprint density at radius 3 is 2.03 bits per heavy atom. The molecular weight excluding hydrogens is 516 g/mol. The summed E-state index contributed by atoms with van der Waals surface area (Å²) >= 11 is 11.5. The van der Waals surface area contributed by atoms with Gasteiger partial charge in [-0.3, -0.25) is 0 Å². The van der Waals surface area contributed by atoms with Crippen LogP contribution in [0.5, 0.6) is 0 Å². The second-order valence-corrected chi connectivity index (χ2v) is 8.21. The number of urea groups is 1. The highest BCUT2D eigenvalue weighted by molar-refractivity contribution is 6.31. The molecule has 0 radical (unpaired) electrons. The maximum Gasteiger partial charge on any atom is 0.417 e. The van der Waals surface area contributed by atoms with Gasteiger partial charge in [0.05, 0.1) is 10.6 Å². The molecule has 1 heterocycles. The molecular formula is C24H17Cl2F3N6O. The Morgan fingerprint density at radius 2 is 1.33 bits per heavy atom. The largest absolute Gasteiger partial charge is 0.417 e. The Balaban J connectivity index is 1.35. The predicted molar refractivity (Wildman–Crippen MR) is 136 cm³/mol. The summed E-state index contributed by atoms with van der Waals surface area (Å²) in [6, 6.07) is 17.9. The van der Waals surface area contributed by atoms with Crippen molar-refractivity contribution in [1.29, 1.82) is 0 Å². The van der Waals surface area contributed by atoms with Gasteiger partial charge in [-0.25, -0.2) is 9.78 Å². The normalized spacial score (nSPS) is 11.0. The molecule has 12 heteroatoms. The van der Waals surface area contributed by atoms with Gasteiger partial charge in [-0.15, -0.1) is 0 Å². The fraction of sp³-hybridized carbons (Fsp3) is 0.0417. The zero-order valence-corrected chi connectivity index (χ0v) is 19.7. The van der Waals surface area contributed by atoms with Gasteiger partial charge in [0.1, 0.15) is 5.82 Å². The summed E-state index contributed by atoms with van der Waals surface area (Å²) in [7, 11) is 0. The number of carbonyl (C=O) groups is 1. The van der Waals surface area contributed by atoms with Crippen molar-refractivity contribution in [3.8, 4) is 0 Å². The van der Waals surface area contributed by atoms with Crippen molar-refractivity contribution in [3.05, 3.63) is 94.6 Å². The molecule has 0 saturated carbocycles. The van der Waals surface area contributed by atoms with Crippen LogP contribution in [0.2, 0.25) is 10.0 Å². The smallest absolute Gasteiger partial charge is 0.340 e. The molecule has 4 aromatic rings. The predicted octanol–water partition coefficient (Wildman–Crippen LogP) is 7.93. The second-order valence-electron chi connectivity index (χ2n) is 7.37. The van der Waals surface area contributed by atoms with Gasteiger partial charge in [0.2, 0.25) is 5.95 Å². The molecule has 0 atom stereocenters. The van der Waals surface area contributed by atoms with Crippen molar-refractivity contribution >= 4 is 63.7 Å².